The van der Waals surface area contributed by atoms with Crippen LogP contribution in [-0.2, 0) is 17.3 Å². The Labute approximate surface area is 361 Å². The zero-order valence-electron chi connectivity index (χ0n) is 35.8. The number of nitriles is 2. The molecule has 0 fully saturated rings. The molecule has 62 heavy (non-hydrogen) atoms. The third kappa shape index (κ3) is 6.37. The minimum absolute atomic E-state index is 0.0187. The van der Waals surface area contributed by atoms with Gasteiger partial charge in [0.15, 0.2) is 17.5 Å². The predicted molar refractivity (Wildman–Crippen MR) is 251 cm³/mol. The van der Waals surface area contributed by atoms with Crippen LogP contribution in [0.4, 0.5) is 0 Å². The average Bonchev–Trinajstić information content (AvgIpc) is 3.81. The van der Waals surface area contributed by atoms with Gasteiger partial charge in [0.25, 0.3) is 0 Å². The molecule has 9 aromatic rings. The van der Waals surface area contributed by atoms with Crippen molar-refractivity contribution < 1.29 is 0 Å². The molecule has 1 aliphatic carbocycles. The number of rotatable bonds is 5. The van der Waals surface area contributed by atoms with E-state index in [9.17, 15) is 10.5 Å². The van der Waals surface area contributed by atoms with Gasteiger partial charge in [0.05, 0.1) is 33.4 Å². The van der Waals surface area contributed by atoms with Crippen molar-refractivity contribution in [2.45, 2.75) is 65.2 Å². The van der Waals surface area contributed by atoms with E-state index in [1.807, 2.05) is 30.3 Å². The number of hydrogen-bond acceptors (Lipinski definition) is 5. The maximum absolute atomic E-state index is 11.1. The highest BCUT2D eigenvalue weighted by molar-refractivity contribution is 6.20. The van der Waals surface area contributed by atoms with E-state index in [-0.39, 0.29) is 10.8 Å². The van der Waals surface area contributed by atoms with E-state index in [1.165, 1.54) is 22.4 Å². The van der Waals surface area contributed by atoms with Crippen LogP contribution in [0.15, 0.2) is 133 Å². The molecule has 0 amide bonds. The van der Waals surface area contributed by atoms with E-state index in [4.69, 9.17) is 15.0 Å². The lowest BCUT2D eigenvalue weighted by molar-refractivity contribution is 0.590. The highest BCUT2D eigenvalue weighted by Gasteiger charge is 2.27. The molecule has 300 valence electrons. The molecule has 0 aliphatic heterocycles. The van der Waals surface area contributed by atoms with Crippen molar-refractivity contribution in [2.75, 3.05) is 0 Å². The fourth-order valence-electron chi connectivity index (χ4n) is 9.02. The van der Waals surface area contributed by atoms with Crippen molar-refractivity contribution in [1.82, 2.24) is 24.1 Å². The highest BCUT2D eigenvalue weighted by atomic mass is 15.1. The summed E-state index contributed by atoms with van der Waals surface area (Å²) >= 11 is 0. The Bertz CT molecular complexity index is 3240. The van der Waals surface area contributed by atoms with Crippen molar-refractivity contribution in [2.24, 2.45) is 0 Å². The highest BCUT2D eigenvalue weighted by Crippen LogP contribution is 2.44. The smallest absolute Gasteiger partial charge is 0.164 e. The van der Waals surface area contributed by atoms with E-state index >= 15 is 0 Å². The summed E-state index contributed by atoms with van der Waals surface area (Å²) in [5.74, 6) is 1.40. The minimum atomic E-state index is -0.0187. The Morgan fingerprint density at radius 2 is 1.05 bits per heavy atom. The second kappa shape index (κ2) is 14.5. The predicted octanol–water partition coefficient (Wildman–Crippen LogP) is 13.2. The molecule has 1 aliphatic rings. The fourth-order valence-corrected chi connectivity index (χ4v) is 9.02. The van der Waals surface area contributed by atoms with Gasteiger partial charge in [-0.15, -0.1) is 0 Å². The van der Waals surface area contributed by atoms with E-state index in [1.54, 1.807) is 0 Å². The SMILES string of the molecule is CC(C)(C)c1ccc(-c2nc(-c3ccc(C(C)(C)C)cc3)nc(-c3cc(C#N)c(-n4c5ccccc5c5ccc6c7c(n(-c8ccccc8)c6c54)CCC=C7)c(C#N)c3)n2)cc1. The molecular weight excluding hydrogens is 759 g/mol. The number of nitrogens with zero attached hydrogens (tertiary/aromatic N) is 7. The number of allylic oxidation sites excluding steroid dienone is 1. The first kappa shape index (κ1) is 38.6. The summed E-state index contributed by atoms with van der Waals surface area (Å²) in [6.07, 6.45) is 6.34. The molecule has 3 heterocycles. The Kier molecular flexibility index (Phi) is 9.05. The normalized spacial score (nSPS) is 12.8. The first-order valence-electron chi connectivity index (χ1n) is 21.2. The lowest BCUT2D eigenvalue weighted by atomic mass is 9.86. The second-order valence-corrected chi connectivity index (χ2v) is 18.3. The number of aromatic nitrogens is 5. The van der Waals surface area contributed by atoms with Gasteiger partial charge in [-0.3, -0.25) is 0 Å². The van der Waals surface area contributed by atoms with E-state index in [0.29, 0.717) is 39.9 Å². The quantitative estimate of drug-likeness (QED) is 0.173. The molecule has 7 nitrogen and oxygen atoms in total. The Morgan fingerprint density at radius 1 is 0.532 bits per heavy atom. The lowest BCUT2D eigenvalue weighted by Gasteiger charge is -2.19. The van der Waals surface area contributed by atoms with Gasteiger partial charge in [-0.2, -0.15) is 10.5 Å². The van der Waals surface area contributed by atoms with Crippen LogP contribution in [0.25, 0.3) is 84.3 Å². The third-order valence-corrected chi connectivity index (χ3v) is 12.2. The van der Waals surface area contributed by atoms with Crippen LogP contribution in [0.1, 0.15) is 81.5 Å². The van der Waals surface area contributed by atoms with Crippen LogP contribution in [-0.4, -0.2) is 24.1 Å². The standard InChI is InChI=1S/C55H45N7/c1-54(2,3)39-24-20-34(21-25-39)51-58-52(35-22-26-40(27-23-35)55(4,5)6)60-53(59-51)36-30-37(32-56)48(38(31-36)33-57)62-47-19-13-11-17-43(47)45-29-28-44-42-16-10-12-18-46(42)61(49(44)50(45)62)41-14-8-7-9-15-41/h7-11,13-17,19-31H,12,18H2,1-6H3. The average molecular weight is 804 g/mol. The van der Waals surface area contributed by atoms with Crippen LogP contribution >= 0.6 is 0 Å². The van der Waals surface area contributed by atoms with Crippen LogP contribution < -0.4 is 0 Å². The molecular formula is C55H45N7. The Morgan fingerprint density at radius 3 is 1.61 bits per heavy atom. The molecule has 3 aromatic heterocycles. The van der Waals surface area contributed by atoms with Gasteiger partial charge in [0.2, 0.25) is 0 Å². The number of benzene rings is 6. The monoisotopic (exact) mass is 803 g/mol. The zero-order chi connectivity index (χ0) is 42.9. The summed E-state index contributed by atoms with van der Waals surface area (Å²) in [4.78, 5) is 15.1. The molecule has 0 radical (unpaired) electrons. The zero-order valence-corrected chi connectivity index (χ0v) is 35.8. The summed E-state index contributed by atoms with van der Waals surface area (Å²) in [6, 6.07) is 48.5. The first-order valence-corrected chi connectivity index (χ1v) is 21.2. The first-order chi connectivity index (χ1) is 29.9. The van der Waals surface area contributed by atoms with E-state index in [0.717, 1.165) is 62.4 Å². The van der Waals surface area contributed by atoms with Crippen molar-refractivity contribution in [3.05, 3.63) is 167 Å². The largest absolute Gasteiger partial charge is 0.311 e. The summed E-state index contributed by atoms with van der Waals surface area (Å²) < 4.78 is 4.52. The minimum Gasteiger partial charge on any atom is -0.311 e. The third-order valence-electron chi connectivity index (χ3n) is 12.2. The molecule has 0 bridgehead atoms. The topological polar surface area (TPSA) is 96.1 Å². The molecule has 0 atom stereocenters. The molecule has 0 unspecified atom stereocenters. The summed E-state index contributed by atoms with van der Waals surface area (Å²) in [5, 5.41) is 25.5. The van der Waals surface area contributed by atoms with Crippen molar-refractivity contribution >= 4 is 38.8 Å². The molecule has 7 heteroatoms. The van der Waals surface area contributed by atoms with Crippen molar-refractivity contribution in [3.63, 3.8) is 0 Å². The van der Waals surface area contributed by atoms with Gasteiger partial charge in [-0.1, -0.05) is 151 Å². The molecule has 0 spiro atoms. The van der Waals surface area contributed by atoms with Crippen LogP contribution in [0.5, 0.6) is 0 Å². The number of fused-ring (bicyclic) bond motifs is 7. The van der Waals surface area contributed by atoms with Crippen LogP contribution in [0, 0.1) is 22.7 Å². The maximum Gasteiger partial charge on any atom is 0.164 e. The molecule has 0 saturated carbocycles. The van der Waals surface area contributed by atoms with Gasteiger partial charge in [0.1, 0.15) is 12.1 Å². The van der Waals surface area contributed by atoms with E-state index in [2.05, 4.69) is 172 Å². The van der Waals surface area contributed by atoms with Gasteiger partial charge in [-0.05, 0) is 65.1 Å². The summed E-state index contributed by atoms with van der Waals surface area (Å²) in [7, 11) is 0. The van der Waals surface area contributed by atoms with Crippen molar-refractivity contribution in [3.8, 4) is 57.7 Å². The molecule has 10 rings (SSSR count). The van der Waals surface area contributed by atoms with Crippen molar-refractivity contribution in [1.29, 1.82) is 10.5 Å². The fraction of sp³-hybridized carbons (Fsp3) is 0.182. The van der Waals surface area contributed by atoms with Crippen LogP contribution in [0.2, 0.25) is 0 Å². The van der Waals surface area contributed by atoms with Gasteiger partial charge < -0.3 is 9.13 Å². The van der Waals surface area contributed by atoms with Gasteiger partial charge in [-0.25, -0.2) is 15.0 Å². The van der Waals surface area contributed by atoms with Gasteiger partial charge in [0, 0.05) is 49.8 Å². The number of para-hydroxylation sites is 2. The maximum atomic E-state index is 11.1. The summed E-state index contributed by atoms with van der Waals surface area (Å²) in [5.41, 5.74) is 12.2. The van der Waals surface area contributed by atoms with Gasteiger partial charge >= 0.3 is 0 Å². The Balaban J connectivity index is 1.23. The number of hydrogen-bond donors (Lipinski definition) is 0. The van der Waals surface area contributed by atoms with E-state index < -0.39 is 0 Å². The van der Waals surface area contributed by atoms with Crippen LogP contribution in [0.3, 0.4) is 0 Å². The summed E-state index contributed by atoms with van der Waals surface area (Å²) in [6.45, 7) is 13.2. The second-order valence-electron chi connectivity index (χ2n) is 18.3. The lowest BCUT2D eigenvalue weighted by Crippen LogP contribution is -2.11. The molecule has 6 aromatic carbocycles. The molecule has 0 saturated heterocycles. The Hall–Kier alpha value is -7.61. The molecule has 0 N–H and O–H groups in total.